The number of nitrogens with zero attached hydrogens (tertiary/aromatic N) is 1. The smallest absolute Gasteiger partial charge is 0.326 e. The van der Waals surface area contributed by atoms with Crippen LogP contribution in [0.4, 0.5) is 0 Å². The monoisotopic (exact) mass is 486 g/mol. The van der Waals surface area contributed by atoms with Crippen molar-refractivity contribution in [2.75, 3.05) is 12.0 Å². The van der Waals surface area contributed by atoms with E-state index in [0.29, 0.717) is 11.4 Å². The Morgan fingerprint density at radius 3 is 2.27 bits per heavy atom. The second-order valence-corrected chi connectivity index (χ2v) is 8.28. The SMILES string of the molecule is CSCCC(NC(=O)C(CCC(=O)O)NC(=O)C(C)NC(=O)C(N)Cc1cnc[nH]1)C(=O)O. The molecule has 4 atom stereocenters. The number of carboxylic acids is 2. The van der Waals surface area contributed by atoms with Crippen LogP contribution >= 0.6 is 11.8 Å². The van der Waals surface area contributed by atoms with Gasteiger partial charge in [-0.25, -0.2) is 9.78 Å². The fraction of sp³-hybridized carbons (Fsp3) is 0.579. The highest BCUT2D eigenvalue weighted by Crippen LogP contribution is 2.05. The maximum Gasteiger partial charge on any atom is 0.326 e. The number of nitrogens with two attached hydrogens (primary N) is 1. The van der Waals surface area contributed by atoms with E-state index in [4.69, 9.17) is 10.8 Å². The molecule has 4 unspecified atom stereocenters. The number of H-pyrrole nitrogens is 1. The molecule has 1 aromatic rings. The van der Waals surface area contributed by atoms with Crippen LogP contribution in [-0.2, 0) is 30.4 Å². The largest absolute Gasteiger partial charge is 0.481 e. The van der Waals surface area contributed by atoms with Crippen molar-refractivity contribution in [3.63, 3.8) is 0 Å². The predicted molar refractivity (Wildman–Crippen MR) is 119 cm³/mol. The Labute approximate surface area is 194 Å². The summed E-state index contributed by atoms with van der Waals surface area (Å²) < 4.78 is 0. The summed E-state index contributed by atoms with van der Waals surface area (Å²) in [5, 5.41) is 25.4. The van der Waals surface area contributed by atoms with Gasteiger partial charge in [-0.15, -0.1) is 0 Å². The first-order valence-electron chi connectivity index (χ1n) is 10.1. The number of carbonyl (C=O) groups excluding carboxylic acids is 3. The molecule has 1 rings (SSSR count). The Morgan fingerprint density at radius 1 is 1.06 bits per heavy atom. The maximum absolute atomic E-state index is 12.6. The van der Waals surface area contributed by atoms with E-state index in [1.165, 1.54) is 31.2 Å². The summed E-state index contributed by atoms with van der Waals surface area (Å²) in [5.41, 5.74) is 6.47. The highest BCUT2D eigenvalue weighted by atomic mass is 32.2. The molecular formula is C19H30N6O7S. The lowest BCUT2D eigenvalue weighted by atomic mass is 10.1. The molecule has 0 radical (unpaired) electrons. The zero-order chi connectivity index (χ0) is 25.0. The highest BCUT2D eigenvalue weighted by molar-refractivity contribution is 7.98. The number of carboxylic acid groups (broad SMARTS) is 2. The lowest BCUT2D eigenvalue weighted by molar-refractivity contribution is -0.143. The summed E-state index contributed by atoms with van der Waals surface area (Å²) in [6, 6.07) is -4.54. The van der Waals surface area contributed by atoms with Gasteiger partial charge in [-0.3, -0.25) is 19.2 Å². The molecule has 0 aliphatic heterocycles. The van der Waals surface area contributed by atoms with Gasteiger partial charge in [0.05, 0.1) is 12.4 Å². The third kappa shape index (κ3) is 10.4. The normalized spacial score (nSPS) is 14.4. The molecule has 0 fully saturated rings. The van der Waals surface area contributed by atoms with Gasteiger partial charge < -0.3 is 36.9 Å². The second-order valence-electron chi connectivity index (χ2n) is 7.29. The van der Waals surface area contributed by atoms with Gasteiger partial charge in [-0.2, -0.15) is 11.8 Å². The molecule has 0 saturated carbocycles. The average Bonchev–Trinajstić information content (AvgIpc) is 3.26. The van der Waals surface area contributed by atoms with Gasteiger partial charge in [-0.1, -0.05) is 0 Å². The Bertz CT molecular complexity index is 820. The lowest BCUT2D eigenvalue weighted by Crippen LogP contribution is -2.56. The standard InChI is InChI=1S/C19H30N6O7S/c1-10(23-17(29)12(20)7-11-8-21-9-22-11)16(28)24-13(3-4-15(26)27)18(30)25-14(19(31)32)5-6-33-2/h8-10,12-14H,3-7,20H2,1-2H3,(H,21,22)(H,23,29)(H,24,28)(H,25,30)(H,26,27)(H,31,32). The quantitative estimate of drug-likeness (QED) is 0.151. The Morgan fingerprint density at radius 2 is 1.73 bits per heavy atom. The Kier molecular flexibility index (Phi) is 11.9. The van der Waals surface area contributed by atoms with E-state index in [2.05, 4.69) is 25.9 Å². The third-order valence-electron chi connectivity index (χ3n) is 4.59. The van der Waals surface area contributed by atoms with Crippen molar-refractivity contribution in [1.29, 1.82) is 0 Å². The van der Waals surface area contributed by atoms with Crippen molar-refractivity contribution >= 4 is 41.4 Å². The van der Waals surface area contributed by atoms with E-state index in [-0.39, 0.29) is 19.3 Å². The number of hydrogen-bond donors (Lipinski definition) is 7. The van der Waals surface area contributed by atoms with Crippen molar-refractivity contribution in [1.82, 2.24) is 25.9 Å². The minimum Gasteiger partial charge on any atom is -0.481 e. The molecule has 3 amide bonds. The number of hydrogen-bond acceptors (Lipinski definition) is 8. The number of rotatable bonds is 15. The fourth-order valence-electron chi connectivity index (χ4n) is 2.71. The van der Waals surface area contributed by atoms with Gasteiger partial charge >= 0.3 is 11.9 Å². The van der Waals surface area contributed by atoms with Gasteiger partial charge in [0, 0.05) is 24.7 Å². The van der Waals surface area contributed by atoms with Crippen molar-refractivity contribution in [2.24, 2.45) is 5.73 Å². The molecule has 0 saturated heterocycles. The first-order valence-corrected chi connectivity index (χ1v) is 11.5. The zero-order valence-electron chi connectivity index (χ0n) is 18.4. The van der Waals surface area contributed by atoms with Crippen molar-refractivity contribution in [3.8, 4) is 0 Å². The molecule has 1 heterocycles. The van der Waals surface area contributed by atoms with E-state index in [9.17, 15) is 29.1 Å². The summed E-state index contributed by atoms with van der Waals surface area (Å²) in [7, 11) is 0. The summed E-state index contributed by atoms with van der Waals surface area (Å²) in [5.74, 6) is -4.14. The topological polar surface area (TPSA) is 217 Å². The molecule has 13 nitrogen and oxygen atoms in total. The van der Waals surface area contributed by atoms with E-state index < -0.39 is 60.2 Å². The number of nitrogens with one attached hydrogen (secondary N) is 4. The third-order valence-corrected chi connectivity index (χ3v) is 5.23. The van der Waals surface area contributed by atoms with Crippen LogP contribution in [0, 0.1) is 0 Å². The summed E-state index contributed by atoms with van der Waals surface area (Å²) >= 11 is 1.40. The number of amides is 3. The molecule has 14 heteroatoms. The Hall–Kier alpha value is -3.13. The molecule has 1 aromatic heterocycles. The van der Waals surface area contributed by atoms with E-state index in [1.807, 2.05) is 0 Å². The zero-order valence-corrected chi connectivity index (χ0v) is 19.2. The molecule has 8 N–H and O–H groups in total. The minimum atomic E-state index is -1.30. The minimum absolute atomic E-state index is 0.155. The fourth-order valence-corrected chi connectivity index (χ4v) is 3.18. The first-order chi connectivity index (χ1) is 15.5. The number of thioether (sulfide) groups is 1. The van der Waals surface area contributed by atoms with Gasteiger partial charge in [0.25, 0.3) is 0 Å². The van der Waals surface area contributed by atoms with Crippen molar-refractivity contribution in [3.05, 3.63) is 18.2 Å². The van der Waals surface area contributed by atoms with Gasteiger partial charge in [-0.05, 0) is 31.8 Å². The molecule has 184 valence electrons. The van der Waals surface area contributed by atoms with Crippen LogP contribution in [0.2, 0.25) is 0 Å². The number of carbonyl (C=O) groups is 5. The van der Waals surface area contributed by atoms with Gasteiger partial charge in [0.1, 0.15) is 18.1 Å². The van der Waals surface area contributed by atoms with Crippen LogP contribution in [0.25, 0.3) is 0 Å². The van der Waals surface area contributed by atoms with Crippen LogP contribution in [0.1, 0.15) is 31.9 Å². The summed E-state index contributed by atoms with van der Waals surface area (Å²) in [4.78, 5) is 66.4. The highest BCUT2D eigenvalue weighted by Gasteiger charge is 2.29. The van der Waals surface area contributed by atoms with Crippen LogP contribution in [0.15, 0.2) is 12.5 Å². The second kappa shape index (κ2) is 14.1. The summed E-state index contributed by atoms with van der Waals surface area (Å²) in [6.07, 6.45) is 4.36. The number of imidazole rings is 1. The number of aromatic nitrogens is 2. The molecule has 0 spiro atoms. The predicted octanol–water partition coefficient (Wildman–Crippen LogP) is -1.54. The molecule has 0 aliphatic carbocycles. The first kappa shape index (κ1) is 27.9. The number of aromatic amines is 1. The van der Waals surface area contributed by atoms with E-state index >= 15 is 0 Å². The Balaban J connectivity index is 2.75. The molecule has 0 bridgehead atoms. The van der Waals surface area contributed by atoms with E-state index in [1.54, 1.807) is 6.26 Å². The summed E-state index contributed by atoms with van der Waals surface area (Å²) in [6.45, 7) is 1.38. The van der Waals surface area contributed by atoms with Crippen LogP contribution in [-0.4, -0.2) is 86.0 Å². The van der Waals surface area contributed by atoms with Crippen molar-refractivity contribution < 1.29 is 34.2 Å². The average molecular weight is 487 g/mol. The van der Waals surface area contributed by atoms with Crippen LogP contribution in [0.3, 0.4) is 0 Å². The van der Waals surface area contributed by atoms with E-state index in [0.717, 1.165) is 0 Å². The van der Waals surface area contributed by atoms with Gasteiger partial charge in [0.15, 0.2) is 0 Å². The maximum atomic E-state index is 12.6. The molecule has 0 aliphatic rings. The molecular weight excluding hydrogens is 456 g/mol. The lowest BCUT2D eigenvalue weighted by Gasteiger charge is -2.23. The molecule has 33 heavy (non-hydrogen) atoms. The van der Waals surface area contributed by atoms with Crippen LogP contribution < -0.4 is 21.7 Å². The van der Waals surface area contributed by atoms with Crippen LogP contribution in [0.5, 0.6) is 0 Å². The van der Waals surface area contributed by atoms with Crippen molar-refractivity contribution in [2.45, 2.75) is 56.8 Å². The number of aliphatic carboxylic acids is 2. The van der Waals surface area contributed by atoms with Gasteiger partial charge in [0.2, 0.25) is 17.7 Å². The molecule has 0 aromatic carbocycles.